The van der Waals surface area contributed by atoms with Gasteiger partial charge in [-0.3, -0.25) is 9.59 Å². The standard InChI is InChI=1S/C29H25ClFN3O3/c30-22-13-10-19(11-14-22)27-24(8-4-5-9-26(35)36)32-25-16-20(12-15-23(25)33-27)28(37)34-17-29(31,18-34)21-6-2-1-3-7-21/h1-3,6-7,10-16H,4-5,8-9,17-18H2,(H,35,36). The van der Waals surface area contributed by atoms with Crippen molar-refractivity contribution in [1.82, 2.24) is 14.9 Å². The maximum atomic E-state index is 15.2. The molecule has 1 fully saturated rings. The molecule has 3 aromatic carbocycles. The van der Waals surface area contributed by atoms with Crippen LogP contribution >= 0.6 is 11.6 Å². The predicted molar refractivity (Wildman–Crippen MR) is 140 cm³/mol. The van der Waals surface area contributed by atoms with Gasteiger partial charge < -0.3 is 10.0 Å². The summed E-state index contributed by atoms with van der Waals surface area (Å²) in [6, 6.07) is 21.3. The molecule has 0 spiro atoms. The van der Waals surface area contributed by atoms with E-state index in [1.54, 1.807) is 54.6 Å². The van der Waals surface area contributed by atoms with Crippen molar-refractivity contribution in [3.63, 3.8) is 0 Å². The number of halogens is 2. The molecule has 0 atom stereocenters. The van der Waals surface area contributed by atoms with Crippen LogP contribution in [0.4, 0.5) is 4.39 Å². The van der Waals surface area contributed by atoms with Crippen LogP contribution < -0.4 is 0 Å². The molecule has 37 heavy (non-hydrogen) atoms. The van der Waals surface area contributed by atoms with Gasteiger partial charge in [-0.05, 0) is 55.2 Å². The van der Waals surface area contributed by atoms with E-state index in [0.29, 0.717) is 52.1 Å². The second-order valence-corrected chi connectivity index (χ2v) is 9.76. The van der Waals surface area contributed by atoms with E-state index in [2.05, 4.69) is 0 Å². The van der Waals surface area contributed by atoms with Gasteiger partial charge >= 0.3 is 5.97 Å². The number of carbonyl (C=O) groups excluding carboxylic acids is 1. The topological polar surface area (TPSA) is 83.4 Å². The number of likely N-dealkylation sites (tertiary alicyclic amines) is 1. The van der Waals surface area contributed by atoms with Crippen LogP contribution in [0.3, 0.4) is 0 Å². The highest BCUT2D eigenvalue weighted by molar-refractivity contribution is 6.30. The molecule has 2 heterocycles. The van der Waals surface area contributed by atoms with Crippen LogP contribution in [0.1, 0.15) is 40.9 Å². The van der Waals surface area contributed by atoms with Crippen molar-refractivity contribution in [2.24, 2.45) is 0 Å². The van der Waals surface area contributed by atoms with Gasteiger partial charge in [-0.25, -0.2) is 14.4 Å². The highest BCUT2D eigenvalue weighted by atomic mass is 35.5. The third-order valence-electron chi connectivity index (χ3n) is 6.62. The normalized spacial score (nSPS) is 14.4. The molecule has 1 aliphatic rings. The third kappa shape index (κ3) is 5.32. The van der Waals surface area contributed by atoms with Gasteiger partial charge in [0.05, 0.1) is 35.5 Å². The van der Waals surface area contributed by atoms with Crippen molar-refractivity contribution in [2.45, 2.75) is 31.4 Å². The summed E-state index contributed by atoms with van der Waals surface area (Å²) in [5.74, 6) is -1.08. The lowest BCUT2D eigenvalue weighted by molar-refractivity contribution is -0.137. The molecule has 6 nitrogen and oxygen atoms in total. The van der Waals surface area contributed by atoms with Crippen molar-refractivity contribution in [3.05, 3.63) is 94.6 Å². The summed E-state index contributed by atoms with van der Waals surface area (Å²) in [7, 11) is 0. The molecular formula is C29H25ClFN3O3. The fraction of sp³-hybridized carbons (Fsp3) is 0.241. The average molecular weight is 518 g/mol. The van der Waals surface area contributed by atoms with Crippen LogP contribution in [-0.2, 0) is 16.9 Å². The second kappa shape index (κ2) is 10.3. The predicted octanol–water partition coefficient (Wildman–Crippen LogP) is 6.07. The molecule has 1 aliphatic heterocycles. The lowest BCUT2D eigenvalue weighted by Gasteiger charge is -2.44. The minimum atomic E-state index is -1.54. The van der Waals surface area contributed by atoms with Crippen molar-refractivity contribution in [3.8, 4) is 11.3 Å². The smallest absolute Gasteiger partial charge is 0.303 e. The van der Waals surface area contributed by atoms with Gasteiger partial charge in [-0.15, -0.1) is 0 Å². The zero-order valence-electron chi connectivity index (χ0n) is 20.0. The van der Waals surface area contributed by atoms with Crippen molar-refractivity contribution in [1.29, 1.82) is 0 Å². The number of hydrogen-bond donors (Lipinski definition) is 1. The number of aliphatic carboxylic acids is 1. The minimum absolute atomic E-state index is 0.00386. The van der Waals surface area contributed by atoms with Crippen LogP contribution in [0.25, 0.3) is 22.3 Å². The minimum Gasteiger partial charge on any atom is -0.481 e. The van der Waals surface area contributed by atoms with E-state index < -0.39 is 11.6 Å². The second-order valence-electron chi connectivity index (χ2n) is 9.32. The number of rotatable bonds is 8. The van der Waals surface area contributed by atoms with Crippen molar-refractivity contribution < 1.29 is 19.1 Å². The van der Waals surface area contributed by atoms with Crippen molar-refractivity contribution in [2.75, 3.05) is 13.1 Å². The van der Waals surface area contributed by atoms with Crippen LogP contribution in [0.15, 0.2) is 72.8 Å². The number of benzene rings is 3. The quantitative estimate of drug-likeness (QED) is 0.287. The largest absolute Gasteiger partial charge is 0.481 e. The summed E-state index contributed by atoms with van der Waals surface area (Å²) >= 11 is 6.06. The van der Waals surface area contributed by atoms with Crippen LogP contribution in [-0.4, -0.2) is 44.9 Å². The van der Waals surface area contributed by atoms with E-state index in [-0.39, 0.29) is 25.4 Å². The molecule has 0 bridgehead atoms. The molecule has 0 aliphatic carbocycles. The molecule has 4 aromatic rings. The Morgan fingerprint density at radius 2 is 1.68 bits per heavy atom. The molecular weight excluding hydrogens is 493 g/mol. The van der Waals surface area contributed by atoms with Gasteiger partial charge in [0.25, 0.3) is 5.91 Å². The Bertz CT molecular complexity index is 1460. The Hall–Kier alpha value is -3.84. The zero-order chi connectivity index (χ0) is 26.0. The van der Waals surface area contributed by atoms with E-state index in [9.17, 15) is 9.59 Å². The first-order valence-corrected chi connectivity index (χ1v) is 12.5. The maximum absolute atomic E-state index is 15.2. The number of fused-ring (bicyclic) bond motifs is 1. The van der Waals surface area contributed by atoms with E-state index >= 15 is 4.39 Å². The van der Waals surface area contributed by atoms with Gasteiger partial charge in [0.2, 0.25) is 0 Å². The molecule has 1 N–H and O–H groups in total. The monoisotopic (exact) mass is 517 g/mol. The van der Waals surface area contributed by atoms with E-state index in [4.69, 9.17) is 26.7 Å². The number of aromatic nitrogens is 2. The van der Waals surface area contributed by atoms with E-state index in [1.807, 2.05) is 18.2 Å². The summed E-state index contributed by atoms with van der Waals surface area (Å²) in [4.78, 5) is 35.2. The third-order valence-corrected chi connectivity index (χ3v) is 6.87. The number of alkyl halides is 1. The van der Waals surface area contributed by atoms with Crippen LogP contribution in [0.5, 0.6) is 0 Å². The number of hydrogen-bond acceptors (Lipinski definition) is 4. The van der Waals surface area contributed by atoms with Gasteiger partial charge in [0.15, 0.2) is 5.67 Å². The van der Waals surface area contributed by atoms with Gasteiger partial charge in [0, 0.05) is 22.6 Å². The Balaban J connectivity index is 1.41. The maximum Gasteiger partial charge on any atom is 0.303 e. The highest BCUT2D eigenvalue weighted by Crippen LogP contribution is 2.37. The first-order chi connectivity index (χ1) is 17.8. The summed E-state index contributed by atoms with van der Waals surface area (Å²) in [5.41, 5.74) is 2.93. The fourth-order valence-electron chi connectivity index (χ4n) is 4.61. The lowest BCUT2D eigenvalue weighted by Crippen LogP contribution is -2.58. The Morgan fingerprint density at radius 3 is 2.38 bits per heavy atom. The molecule has 1 aromatic heterocycles. The Labute approximate surface area is 218 Å². The SMILES string of the molecule is O=C(O)CCCCc1nc2cc(C(=O)N3CC(F)(c4ccccc4)C3)ccc2nc1-c1ccc(Cl)cc1. The van der Waals surface area contributed by atoms with E-state index in [1.165, 1.54) is 4.90 Å². The number of aryl methyl sites for hydroxylation is 1. The molecule has 8 heteroatoms. The van der Waals surface area contributed by atoms with Gasteiger partial charge in [0.1, 0.15) is 0 Å². The molecule has 1 saturated heterocycles. The molecule has 5 rings (SSSR count). The van der Waals surface area contributed by atoms with Crippen LogP contribution in [0.2, 0.25) is 5.02 Å². The summed E-state index contributed by atoms with van der Waals surface area (Å²) < 4.78 is 15.2. The van der Waals surface area contributed by atoms with Gasteiger partial charge in [-0.1, -0.05) is 54.1 Å². The van der Waals surface area contributed by atoms with Gasteiger partial charge in [-0.2, -0.15) is 0 Å². The van der Waals surface area contributed by atoms with E-state index in [0.717, 1.165) is 11.3 Å². The number of amides is 1. The summed E-state index contributed by atoms with van der Waals surface area (Å²) in [6.07, 6.45) is 1.79. The molecule has 0 radical (unpaired) electrons. The fourth-order valence-corrected chi connectivity index (χ4v) is 4.74. The summed E-state index contributed by atoms with van der Waals surface area (Å²) in [5, 5.41) is 9.57. The summed E-state index contributed by atoms with van der Waals surface area (Å²) in [6.45, 7) is 0.00773. The number of carboxylic acid groups (broad SMARTS) is 1. The van der Waals surface area contributed by atoms with Crippen LogP contribution in [0, 0.1) is 0 Å². The number of nitrogens with zero attached hydrogens (tertiary/aromatic N) is 3. The lowest BCUT2D eigenvalue weighted by atomic mass is 9.87. The zero-order valence-corrected chi connectivity index (χ0v) is 20.8. The number of carboxylic acids is 1. The molecule has 0 unspecified atom stereocenters. The first-order valence-electron chi connectivity index (χ1n) is 12.1. The number of carbonyl (C=O) groups is 2. The molecule has 1 amide bonds. The van der Waals surface area contributed by atoms with Crippen molar-refractivity contribution >= 4 is 34.5 Å². The average Bonchev–Trinajstić information content (AvgIpc) is 2.89. The Morgan fingerprint density at radius 1 is 0.946 bits per heavy atom. The number of unbranched alkanes of at least 4 members (excludes halogenated alkanes) is 1. The first kappa shape index (κ1) is 24.8. The molecule has 0 saturated carbocycles. The Kier molecular flexibility index (Phi) is 6.89. The highest BCUT2D eigenvalue weighted by Gasteiger charge is 2.47. The molecule has 188 valence electrons.